The Morgan fingerprint density at radius 3 is 2.95 bits per heavy atom. The lowest BCUT2D eigenvalue weighted by atomic mass is 10.3. The van der Waals surface area contributed by atoms with Crippen molar-refractivity contribution in [3.8, 4) is 0 Å². The first-order chi connectivity index (χ1) is 10.1. The summed E-state index contributed by atoms with van der Waals surface area (Å²) in [5.74, 6) is 0. The van der Waals surface area contributed by atoms with Crippen molar-refractivity contribution in [2.45, 2.75) is 26.9 Å². The molecule has 0 saturated carbocycles. The van der Waals surface area contributed by atoms with Gasteiger partial charge in [-0.05, 0) is 36.9 Å². The smallest absolute Gasteiger partial charge is 0.276 e. The highest BCUT2D eigenvalue weighted by atomic mass is 32.1. The van der Waals surface area contributed by atoms with Gasteiger partial charge in [0.15, 0.2) is 0 Å². The Morgan fingerprint density at radius 2 is 2.19 bits per heavy atom. The van der Waals surface area contributed by atoms with Crippen LogP contribution in [0.4, 0.5) is 0 Å². The van der Waals surface area contributed by atoms with E-state index in [0.29, 0.717) is 12.1 Å². The van der Waals surface area contributed by atoms with Gasteiger partial charge in [0, 0.05) is 36.9 Å². The van der Waals surface area contributed by atoms with E-state index in [-0.39, 0.29) is 5.56 Å². The van der Waals surface area contributed by atoms with E-state index in [0.717, 1.165) is 18.8 Å². The maximum atomic E-state index is 12.3. The van der Waals surface area contributed by atoms with Gasteiger partial charge < -0.3 is 9.88 Å². The summed E-state index contributed by atoms with van der Waals surface area (Å²) in [7, 11) is 0. The van der Waals surface area contributed by atoms with Crippen LogP contribution in [0.5, 0.6) is 0 Å². The number of aryl methyl sites for hydroxylation is 2. The highest BCUT2D eigenvalue weighted by Gasteiger charge is 2.05. The molecule has 0 fully saturated rings. The summed E-state index contributed by atoms with van der Waals surface area (Å²) in [5.41, 5.74) is 2.81. The van der Waals surface area contributed by atoms with Crippen molar-refractivity contribution in [2.75, 3.05) is 6.54 Å². The summed E-state index contributed by atoms with van der Waals surface area (Å²) in [6.07, 6.45) is 3.62. The third-order valence-corrected chi connectivity index (χ3v) is 4.53. The number of nitrogens with one attached hydrogen (secondary N) is 1. The van der Waals surface area contributed by atoms with Crippen molar-refractivity contribution >= 4 is 16.9 Å². The van der Waals surface area contributed by atoms with Gasteiger partial charge in [-0.3, -0.25) is 4.79 Å². The van der Waals surface area contributed by atoms with Crippen LogP contribution in [0, 0.1) is 13.8 Å². The van der Waals surface area contributed by atoms with Gasteiger partial charge >= 0.3 is 0 Å². The van der Waals surface area contributed by atoms with Crippen LogP contribution in [0.1, 0.15) is 16.1 Å². The monoisotopic (exact) mass is 302 g/mol. The summed E-state index contributed by atoms with van der Waals surface area (Å²) >= 11 is 1.76. The maximum absolute atomic E-state index is 12.3. The van der Waals surface area contributed by atoms with Crippen LogP contribution < -0.4 is 10.9 Å². The molecule has 21 heavy (non-hydrogen) atoms. The molecule has 3 aromatic rings. The minimum Gasteiger partial charge on any atom is -0.311 e. The van der Waals surface area contributed by atoms with E-state index in [1.165, 1.54) is 10.4 Å². The Hall–Kier alpha value is -1.92. The molecule has 0 aromatic carbocycles. The number of aromatic nitrogens is 3. The van der Waals surface area contributed by atoms with Crippen molar-refractivity contribution in [1.29, 1.82) is 0 Å². The molecule has 0 spiro atoms. The van der Waals surface area contributed by atoms with Gasteiger partial charge in [0.2, 0.25) is 0 Å². The van der Waals surface area contributed by atoms with Gasteiger partial charge in [-0.1, -0.05) is 0 Å². The van der Waals surface area contributed by atoms with E-state index in [4.69, 9.17) is 0 Å². The predicted molar refractivity (Wildman–Crippen MR) is 85.0 cm³/mol. The molecule has 0 amide bonds. The molecule has 0 aliphatic heterocycles. The Labute approximate surface area is 126 Å². The van der Waals surface area contributed by atoms with E-state index in [1.807, 2.05) is 19.2 Å². The third kappa shape index (κ3) is 2.91. The normalized spacial score (nSPS) is 11.3. The summed E-state index contributed by atoms with van der Waals surface area (Å²) < 4.78 is 3.36. The highest BCUT2D eigenvalue weighted by molar-refractivity contribution is 7.10. The van der Waals surface area contributed by atoms with E-state index < -0.39 is 0 Å². The van der Waals surface area contributed by atoms with Crippen molar-refractivity contribution in [2.24, 2.45) is 0 Å². The largest absolute Gasteiger partial charge is 0.311 e. The zero-order valence-corrected chi connectivity index (χ0v) is 13.0. The second-order valence-corrected chi connectivity index (χ2v) is 6.12. The van der Waals surface area contributed by atoms with Crippen LogP contribution >= 0.6 is 11.3 Å². The minimum absolute atomic E-state index is 0.00667. The topological polar surface area (TPSA) is 51.3 Å². The molecule has 3 rings (SSSR count). The molecule has 0 aliphatic carbocycles. The van der Waals surface area contributed by atoms with E-state index in [9.17, 15) is 4.79 Å². The first-order valence-electron chi connectivity index (χ1n) is 6.94. The summed E-state index contributed by atoms with van der Waals surface area (Å²) in [4.78, 5) is 13.6. The van der Waals surface area contributed by atoms with Crippen molar-refractivity contribution in [3.05, 3.63) is 56.4 Å². The van der Waals surface area contributed by atoms with Crippen LogP contribution in [0.2, 0.25) is 0 Å². The molecular weight excluding hydrogens is 284 g/mol. The quantitative estimate of drug-likeness (QED) is 0.733. The van der Waals surface area contributed by atoms with Crippen molar-refractivity contribution in [1.82, 2.24) is 19.5 Å². The second kappa shape index (κ2) is 5.83. The number of fused-ring (bicyclic) bond motifs is 1. The summed E-state index contributed by atoms with van der Waals surface area (Å²) in [6, 6.07) is 3.95. The Kier molecular flexibility index (Phi) is 3.90. The molecule has 0 unspecified atom stereocenters. The first kappa shape index (κ1) is 14.0. The molecule has 1 N–H and O–H groups in total. The van der Waals surface area contributed by atoms with Gasteiger partial charge in [-0.15, -0.1) is 11.3 Å². The fourth-order valence-electron chi connectivity index (χ4n) is 2.31. The predicted octanol–water partition coefficient (Wildman–Crippen LogP) is 1.96. The van der Waals surface area contributed by atoms with Crippen LogP contribution in [-0.2, 0) is 13.1 Å². The molecule has 0 aliphatic rings. The molecule has 0 atom stereocenters. The molecule has 6 heteroatoms. The lowest BCUT2D eigenvalue weighted by Gasteiger charge is -2.07. The number of rotatable bonds is 5. The lowest BCUT2D eigenvalue weighted by molar-refractivity contribution is 0.585. The number of thiophene rings is 1. The standard InChI is InChI=1S/C15H18N4OS/c1-11-3-8-21-14(11)10-16-4-5-18-6-7-19-13(15(18)20)9-12(2)17-19/h3,6-9,16H,4-5,10H2,1-2H3. The lowest BCUT2D eigenvalue weighted by Crippen LogP contribution is -2.27. The molecular formula is C15H18N4OS. The first-order valence-corrected chi connectivity index (χ1v) is 7.82. The Balaban J connectivity index is 1.64. The average Bonchev–Trinajstić information content (AvgIpc) is 3.03. The van der Waals surface area contributed by atoms with Crippen molar-refractivity contribution in [3.63, 3.8) is 0 Å². The van der Waals surface area contributed by atoms with Gasteiger partial charge in [-0.25, -0.2) is 4.52 Å². The average molecular weight is 302 g/mol. The van der Waals surface area contributed by atoms with Crippen molar-refractivity contribution < 1.29 is 0 Å². The number of hydrogen-bond acceptors (Lipinski definition) is 4. The number of nitrogens with zero attached hydrogens (tertiary/aromatic N) is 3. The Morgan fingerprint density at radius 1 is 1.33 bits per heavy atom. The SMILES string of the molecule is Cc1cc2c(=O)n(CCNCc3sccc3C)ccn2n1. The van der Waals surface area contributed by atoms with Gasteiger partial charge in [-0.2, -0.15) is 5.10 Å². The van der Waals surface area contributed by atoms with E-state index >= 15 is 0 Å². The Bertz CT molecular complexity index is 815. The van der Waals surface area contributed by atoms with Gasteiger partial charge in [0.25, 0.3) is 5.56 Å². The summed E-state index contributed by atoms with van der Waals surface area (Å²) in [6.45, 7) is 6.28. The third-order valence-electron chi connectivity index (χ3n) is 3.51. The summed E-state index contributed by atoms with van der Waals surface area (Å²) in [5, 5.41) is 9.73. The van der Waals surface area contributed by atoms with Crippen LogP contribution in [0.3, 0.4) is 0 Å². The molecule has 110 valence electrons. The highest BCUT2D eigenvalue weighted by Crippen LogP contribution is 2.14. The molecule has 3 aromatic heterocycles. The molecule has 0 radical (unpaired) electrons. The number of hydrogen-bond donors (Lipinski definition) is 1. The van der Waals surface area contributed by atoms with E-state index in [2.05, 4.69) is 28.8 Å². The van der Waals surface area contributed by atoms with Crippen LogP contribution in [-0.4, -0.2) is 20.7 Å². The maximum Gasteiger partial charge on any atom is 0.276 e. The zero-order chi connectivity index (χ0) is 14.8. The zero-order valence-electron chi connectivity index (χ0n) is 12.2. The molecule has 3 heterocycles. The molecule has 0 saturated heterocycles. The van der Waals surface area contributed by atoms with Gasteiger partial charge in [0.1, 0.15) is 5.52 Å². The fraction of sp³-hybridized carbons (Fsp3) is 0.333. The molecule has 0 bridgehead atoms. The van der Waals surface area contributed by atoms with Crippen LogP contribution in [0.15, 0.2) is 34.7 Å². The van der Waals surface area contributed by atoms with Crippen LogP contribution in [0.25, 0.3) is 5.52 Å². The minimum atomic E-state index is 0.00667. The fourth-order valence-corrected chi connectivity index (χ4v) is 3.19. The second-order valence-electron chi connectivity index (χ2n) is 5.12. The van der Waals surface area contributed by atoms with Gasteiger partial charge in [0.05, 0.1) is 5.69 Å². The molecule has 5 nitrogen and oxygen atoms in total. The van der Waals surface area contributed by atoms with E-state index in [1.54, 1.807) is 26.6 Å².